The summed E-state index contributed by atoms with van der Waals surface area (Å²) in [6.45, 7) is 2.09. The molecule has 0 spiro atoms. The van der Waals surface area contributed by atoms with Crippen LogP contribution in [0.2, 0.25) is 0 Å². The monoisotopic (exact) mass is 252 g/mol. The Balaban J connectivity index is 2.04. The van der Waals surface area contributed by atoms with Gasteiger partial charge in [-0.15, -0.1) is 0 Å². The number of hydrazone groups is 1. The summed E-state index contributed by atoms with van der Waals surface area (Å²) >= 11 is 0. The highest BCUT2D eigenvalue weighted by Crippen LogP contribution is 2.36. The Hall–Kier alpha value is -1.39. The van der Waals surface area contributed by atoms with Gasteiger partial charge in [0, 0.05) is 6.42 Å². The minimum absolute atomic E-state index is 0.277. The van der Waals surface area contributed by atoms with Crippen LogP contribution in [0.5, 0.6) is 0 Å². The zero-order valence-corrected chi connectivity index (χ0v) is 10.8. The molecular formula is C13H20N2O3. The maximum absolute atomic E-state index is 11.6. The molecule has 1 aliphatic carbocycles. The van der Waals surface area contributed by atoms with Crippen LogP contribution in [0.15, 0.2) is 5.10 Å². The van der Waals surface area contributed by atoms with Gasteiger partial charge in [-0.3, -0.25) is 5.43 Å². The molecule has 0 aromatic carbocycles. The number of ether oxygens (including phenoxy) is 1. The number of carbonyl (C=O) groups is 2. The molecule has 18 heavy (non-hydrogen) atoms. The highest BCUT2D eigenvalue weighted by molar-refractivity contribution is 6.37. The lowest BCUT2D eigenvalue weighted by Crippen LogP contribution is -2.49. The summed E-state index contributed by atoms with van der Waals surface area (Å²) in [5.74, 6) is -0.135. The summed E-state index contributed by atoms with van der Waals surface area (Å²) < 4.78 is 4.93. The van der Waals surface area contributed by atoms with Gasteiger partial charge in [0.05, 0.1) is 6.61 Å². The Bertz CT molecular complexity index is 361. The van der Waals surface area contributed by atoms with Crippen molar-refractivity contribution >= 4 is 18.0 Å². The normalized spacial score (nSPS) is 28.4. The van der Waals surface area contributed by atoms with Crippen LogP contribution in [-0.2, 0) is 14.3 Å². The summed E-state index contributed by atoms with van der Waals surface area (Å²) in [6, 6.07) is 0. The molecular weight excluding hydrogens is 232 g/mol. The standard InChI is InChI=1S/C13H20N2O3/c1-2-18-12(17)11-8-13(9-16,15-14-11)10-6-4-3-5-7-10/h9-10,15H,2-8H2,1H3/t13-/m1/s1. The molecule has 1 atom stereocenters. The van der Waals surface area contributed by atoms with Crippen LogP contribution >= 0.6 is 0 Å². The Morgan fingerprint density at radius 3 is 2.83 bits per heavy atom. The van der Waals surface area contributed by atoms with Crippen molar-refractivity contribution in [1.82, 2.24) is 5.43 Å². The molecule has 1 N–H and O–H groups in total. The lowest BCUT2D eigenvalue weighted by Gasteiger charge is -2.34. The average Bonchev–Trinajstić information content (AvgIpc) is 2.86. The van der Waals surface area contributed by atoms with E-state index in [0.717, 1.165) is 32.0 Å². The lowest BCUT2D eigenvalue weighted by atomic mass is 9.74. The Morgan fingerprint density at radius 2 is 2.22 bits per heavy atom. The zero-order chi connectivity index (χ0) is 13.0. The molecule has 0 aromatic rings. The highest BCUT2D eigenvalue weighted by atomic mass is 16.5. The summed E-state index contributed by atoms with van der Waals surface area (Å²) in [5, 5.41) is 4.01. The van der Waals surface area contributed by atoms with E-state index in [4.69, 9.17) is 4.74 Å². The van der Waals surface area contributed by atoms with E-state index in [9.17, 15) is 9.59 Å². The van der Waals surface area contributed by atoms with Gasteiger partial charge in [-0.25, -0.2) is 4.79 Å². The van der Waals surface area contributed by atoms with Gasteiger partial charge >= 0.3 is 5.97 Å². The Kier molecular flexibility index (Phi) is 3.99. The molecule has 2 aliphatic rings. The number of esters is 1. The second-order valence-corrected chi connectivity index (χ2v) is 5.06. The van der Waals surface area contributed by atoms with E-state index in [1.54, 1.807) is 6.92 Å². The predicted octanol–water partition coefficient (Wildman–Crippen LogP) is 1.42. The Morgan fingerprint density at radius 1 is 1.50 bits per heavy atom. The molecule has 1 heterocycles. The first-order valence-corrected chi connectivity index (χ1v) is 6.69. The van der Waals surface area contributed by atoms with Crippen LogP contribution < -0.4 is 5.43 Å². The van der Waals surface area contributed by atoms with Gasteiger partial charge in [-0.05, 0) is 25.7 Å². The molecule has 2 rings (SSSR count). The summed E-state index contributed by atoms with van der Waals surface area (Å²) in [4.78, 5) is 23.1. The lowest BCUT2D eigenvalue weighted by molar-refractivity contribution is -0.135. The van der Waals surface area contributed by atoms with Gasteiger partial charge < -0.3 is 9.53 Å². The van der Waals surface area contributed by atoms with Crippen molar-refractivity contribution < 1.29 is 14.3 Å². The number of nitrogens with one attached hydrogen (secondary N) is 1. The quantitative estimate of drug-likeness (QED) is 0.607. The third kappa shape index (κ3) is 2.40. The van der Waals surface area contributed by atoms with Crippen LogP contribution in [0, 0.1) is 5.92 Å². The van der Waals surface area contributed by atoms with Gasteiger partial charge in [0.2, 0.25) is 0 Å². The van der Waals surface area contributed by atoms with Gasteiger partial charge in [0.25, 0.3) is 0 Å². The molecule has 0 amide bonds. The molecule has 0 unspecified atom stereocenters. The van der Waals surface area contributed by atoms with E-state index in [1.165, 1.54) is 6.42 Å². The third-order valence-electron chi connectivity index (χ3n) is 3.91. The highest BCUT2D eigenvalue weighted by Gasteiger charge is 2.45. The van der Waals surface area contributed by atoms with Crippen molar-refractivity contribution in [3.63, 3.8) is 0 Å². The molecule has 5 nitrogen and oxygen atoms in total. The fraction of sp³-hybridized carbons (Fsp3) is 0.769. The Labute approximate surface area is 107 Å². The minimum Gasteiger partial charge on any atom is -0.461 e. The van der Waals surface area contributed by atoms with E-state index < -0.39 is 11.5 Å². The van der Waals surface area contributed by atoms with Crippen LogP contribution in [0.1, 0.15) is 45.4 Å². The van der Waals surface area contributed by atoms with Crippen LogP contribution in [0.4, 0.5) is 0 Å². The molecule has 0 aromatic heterocycles. The van der Waals surface area contributed by atoms with Crippen molar-refractivity contribution in [3.8, 4) is 0 Å². The topological polar surface area (TPSA) is 67.8 Å². The fourth-order valence-electron chi connectivity index (χ4n) is 2.88. The summed E-state index contributed by atoms with van der Waals surface area (Å²) in [5.41, 5.74) is 2.56. The first kappa shape index (κ1) is 13.1. The van der Waals surface area contributed by atoms with Crippen molar-refractivity contribution in [1.29, 1.82) is 0 Å². The molecule has 0 bridgehead atoms. The maximum atomic E-state index is 11.6. The molecule has 5 heteroatoms. The first-order valence-electron chi connectivity index (χ1n) is 6.69. The molecule has 0 radical (unpaired) electrons. The summed E-state index contributed by atoms with van der Waals surface area (Å²) in [7, 11) is 0. The second-order valence-electron chi connectivity index (χ2n) is 5.06. The van der Waals surface area contributed by atoms with E-state index in [0.29, 0.717) is 18.7 Å². The van der Waals surface area contributed by atoms with Crippen molar-refractivity contribution in [2.24, 2.45) is 11.0 Å². The van der Waals surface area contributed by atoms with Crippen LogP contribution in [0.25, 0.3) is 0 Å². The number of rotatable bonds is 4. The SMILES string of the molecule is CCOC(=O)C1=NN[C@](C=O)(C2CCCCC2)C1. The van der Waals surface area contributed by atoms with Crippen LogP contribution in [-0.4, -0.2) is 30.1 Å². The number of hydrogen-bond acceptors (Lipinski definition) is 5. The number of aldehydes is 1. The largest absolute Gasteiger partial charge is 0.461 e. The van der Waals surface area contributed by atoms with Gasteiger partial charge in [0.1, 0.15) is 17.5 Å². The van der Waals surface area contributed by atoms with Gasteiger partial charge in [-0.2, -0.15) is 5.10 Å². The molecule has 1 aliphatic heterocycles. The van der Waals surface area contributed by atoms with E-state index in [2.05, 4.69) is 10.5 Å². The van der Waals surface area contributed by atoms with Crippen molar-refractivity contribution in [2.75, 3.05) is 6.61 Å². The van der Waals surface area contributed by atoms with Crippen LogP contribution in [0.3, 0.4) is 0 Å². The minimum atomic E-state index is -0.678. The number of hydrogen-bond donors (Lipinski definition) is 1. The van der Waals surface area contributed by atoms with E-state index in [1.807, 2.05) is 0 Å². The number of nitrogens with zero attached hydrogens (tertiary/aromatic N) is 1. The van der Waals surface area contributed by atoms with Crippen molar-refractivity contribution in [3.05, 3.63) is 0 Å². The second kappa shape index (κ2) is 5.50. The van der Waals surface area contributed by atoms with Crippen molar-refractivity contribution in [2.45, 2.75) is 51.0 Å². The van der Waals surface area contributed by atoms with Gasteiger partial charge in [-0.1, -0.05) is 19.3 Å². The van der Waals surface area contributed by atoms with Gasteiger partial charge in [0.15, 0.2) is 0 Å². The fourth-order valence-corrected chi connectivity index (χ4v) is 2.88. The average molecular weight is 252 g/mol. The first-order chi connectivity index (χ1) is 8.72. The number of carbonyl (C=O) groups excluding carboxylic acids is 2. The smallest absolute Gasteiger partial charge is 0.354 e. The van der Waals surface area contributed by atoms with E-state index >= 15 is 0 Å². The van der Waals surface area contributed by atoms with E-state index in [-0.39, 0.29) is 5.92 Å². The molecule has 1 fully saturated rings. The molecule has 100 valence electrons. The molecule has 0 saturated heterocycles. The zero-order valence-electron chi connectivity index (χ0n) is 10.8. The molecule has 1 saturated carbocycles. The predicted molar refractivity (Wildman–Crippen MR) is 67.2 cm³/mol. The third-order valence-corrected chi connectivity index (χ3v) is 3.91. The maximum Gasteiger partial charge on any atom is 0.354 e. The summed E-state index contributed by atoms with van der Waals surface area (Å²) in [6.07, 6.45) is 6.87.